The van der Waals surface area contributed by atoms with Crippen LogP contribution in [0.4, 0.5) is 18.9 Å². The van der Waals surface area contributed by atoms with E-state index in [4.69, 9.17) is 5.73 Å². The third-order valence-corrected chi connectivity index (χ3v) is 4.10. The van der Waals surface area contributed by atoms with Gasteiger partial charge >= 0.3 is 6.18 Å². The van der Waals surface area contributed by atoms with E-state index in [0.717, 1.165) is 6.54 Å². The minimum Gasteiger partial charge on any atom is -0.368 e. The Balaban J connectivity index is 2.34. The van der Waals surface area contributed by atoms with Crippen LogP contribution in [0.15, 0.2) is 18.2 Å². The molecule has 1 heterocycles. The van der Waals surface area contributed by atoms with Crippen LogP contribution in [0.3, 0.4) is 0 Å². The number of hydrogen-bond donors (Lipinski definition) is 1. The van der Waals surface area contributed by atoms with E-state index in [9.17, 15) is 13.2 Å². The summed E-state index contributed by atoms with van der Waals surface area (Å²) in [4.78, 5) is 3.99. The fraction of sp³-hybridized carbons (Fsp3) is 0.600. The molecule has 0 amide bonds. The Labute approximate surface area is 123 Å². The largest absolute Gasteiger partial charge is 0.418 e. The summed E-state index contributed by atoms with van der Waals surface area (Å²) in [5.41, 5.74) is 5.80. The van der Waals surface area contributed by atoms with Crippen molar-refractivity contribution in [3.8, 4) is 0 Å². The number of hydrogen-bond acceptors (Lipinski definition) is 3. The number of nitrogens with zero attached hydrogens (tertiary/aromatic N) is 2. The lowest BCUT2D eigenvalue weighted by Gasteiger charge is -2.40. The fourth-order valence-corrected chi connectivity index (χ4v) is 2.68. The highest BCUT2D eigenvalue weighted by molar-refractivity contribution is 5.57. The van der Waals surface area contributed by atoms with Gasteiger partial charge in [-0.1, -0.05) is 6.07 Å². The van der Waals surface area contributed by atoms with Gasteiger partial charge in [0.1, 0.15) is 0 Å². The highest BCUT2D eigenvalue weighted by Gasteiger charge is 2.36. The van der Waals surface area contributed by atoms with E-state index in [1.54, 1.807) is 12.1 Å². The zero-order chi connectivity index (χ0) is 15.6. The van der Waals surface area contributed by atoms with E-state index in [1.807, 2.05) is 18.9 Å². The molecule has 6 heteroatoms. The maximum Gasteiger partial charge on any atom is 0.418 e. The SMILES string of the molecule is CC1CN(c2ccc(CCN)cc2C(F)(F)F)CCN1C. The molecule has 0 aromatic heterocycles. The minimum absolute atomic E-state index is 0.239. The van der Waals surface area contributed by atoms with E-state index >= 15 is 0 Å². The summed E-state index contributed by atoms with van der Waals surface area (Å²) in [7, 11) is 2.00. The van der Waals surface area contributed by atoms with Gasteiger partial charge in [-0.25, -0.2) is 0 Å². The first-order valence-electron chi connectivity index (χ1n) is 7.18. The van der Waals surface area contributed by atoms with Crippen molar-refractivity contribution >= 4 is 5.69 Å². The Kier molecular flexibility index (Phi) is 4.78. The van der Waals surface area contributed by atoms with Gasteiger partial charge in [-0.15, -0.1) is 0 Å². The Morgan fingerprint density at radius 1 is 1.29 bits per heavy atom. The van der Waals surface area contributed by atoms with Crippen molar-refractivity contribution in [2.75, 3.05) is 38.1 Å². The van der Waals surface area contributed by atoms with Crippen LogP contribution in [0.2, 0.25) is 0 Å². The molecule has 2 N–H and O–H groups in total. The number of rotatable bonds is 3. The number of likely N-dealkylation sites (N-methyl/N-ethyl adjacent to an activating group) is 1. The molecule has 1 atom stereocenters. The summed E-state index contributed by atoms with van der Waals surface area (Å²) in [6, 6.07) is 4.82. The summed E-state index contributed by atoms with van der Waals surface area (Å²) >= 11 is 0. The molecule has 0 spiro atoms. The van der Waals surface area contributed by atoms with Crippen molar-refractivity contribution in [3.63, 3.8) is 0 Å². The second kappa shape index (κ2) is 6.23. The molecule has 1 aromatic carbocycles. The Morgan fingerprint density at radius 3 is 2.57 bits per heavy atom. The Hall–Kier alpha value is -1.27. The molecule has 0 saturated carbocycles. The number of piperazine rings is 1. The lowest BCUT2D eigenvalue weighted by molar-refractivity contribution is -0.137. The van der Waals surface area contributed by atoms with Crippen LogP contribution in [-0.4, -0.2) is 44.2 Å². The molecule has 21 heavy (non-hydrogen) atoms. The Morgan fingerprint density at radius 2 is 2.00 bits per heavy atom. The zero-order valence-corrected chi connectivity index (χ0v) is 12.5. The van der Waals surface area contributed by atoms with E-state index in [-0.39, 0.29) is 11.7 Å². The molecule has 1 unspecified atom stereocenters. The number of halogens is 3. The van der Waals surface area contributed by atoms with Gasteiger partial charge in [0.15, 0.2) is 0 Å². The second-order valence-corrected chi connectivity index (χ2v) is 5.66. The summed E-state index contributed by atoms with van der Waals surface area (Å²) in [5, 5.41) is 0. The highest BCUT2D eigenvalue weighted by Crippen LogP contribution is 2.38. The van der Waals surface area contributed by atoms with Gasteiger partial charge in [0.2, 0.25) is 0 Å². The smallest absolute Gasteiger partial charge is 0.368 e. The van der Waals surface area contributed by atoms with Crippen molar-refractivity contribution < 1.29 is 13.2 Å². The van der Waals surface area contributed by atoms with Gasteiger partial charge < -0.3 is 15.5 Å². The molecule has 1 aliphatic rings. The third kappa shape index (κ3) is 3.68. The lowest BCUT2D eigenvalue weighted by atomic mass is 10.0. The molecule has 1 aromatic rings. The molecule has 1 fully saturated rings. The quantitative estimate of drug-likeness (QED) is 0.930. The van der Waals surface area contributed by atoms with Crippen LogP contribution < -0.4 is 10.6 Å². The molecule has 2 rings (SSSR count). The average molecular weight is 301 g/mol. The number of anilines is 1. The van der Waals surface area contributed by atoms with Gasteiger partial charge in [0, 0.05) is 31.4 Å². The minimum atomic E-state index is -4.34. The average Bonchev–Trinajstić information content (AvgIpc) is 2.41. The molecule has 0 radical (unpaired) electrons. The molecule has 0 aliphatic carbocycles. The lowest BCUT2D eigenvalue weighted by Crippen LogP contribution is -2.50. The first kappa shape index (κ1) is 16.1. The summed E-state index contributed by atoms with van der Waals surface area (Å²) < 4.78 is 40.0. The van der Waals surface area contributed by atoms with Gasteiger partial charge in [-0.3, -0.25) is 0 Å². The predicted octanol–water partition coefficient (Wildman–Crippen LogP) is 2.35. The molecule has 3 nitrogen and oxygen atoms in total. The number of nitrogens with two attached hydrogens (primary N) is 1. The number of alkyl halides is 3. The maximum atomic E-state index is 13.3. The number of benzene rings is 1. The topological polar surface area (TPSA) is 32.5 Å². The zero-order valence-electron chi connectivity index (χ0n) is 12.5. The van der Waals surface area contributed by atoms with Gasteiger partial charge in [0.25, 0.3) is 0 Å². The van der Waals surface area contributed by atoms with Gasteiger partial charge in [-0.2, -0.15) is 13.2 Å². The summed E-state index contributed by atoms with van der Waals surface area (Å²) in [6.45, 7) is 4.36. The molecular formula is C15H22F3N3. The van der Waals surface area contributed by atoms with Crippen LogP contribution >= 0.6 is 0 Å². The van der Waals surface area contributed by atoms with Crippen molar-refractivity contribution in [1.29, 1.82) is 0 Å². The van der Waals surface area contributed by atoms with Crippen molar-refractivity contribution in [2.24, 2.45) is 5.73 Å². The fourth-order valence-electron chi connectivity index (χ4n) is 2.68. The first-order valence-corrected chi connectivity index (χ1v) is 7.18. The van der Waals surface area contributed by atoms with E-state index in [1.165, 1.54) is 6.07 Å². The van der Waals surface area contributed by atoms with Crippen molar-refractivity contribution in [2.45, 2.75) is 25.6 Å². The van der Waals surface area contributed by atoms with Crippen LogP contribution in [0.25, 0.3) is 0 Å². The Bertz CT molecular complexity index is 488. The summed E-state index contributed by atoms with van der Waals surface area (Å²) in [6.07, 6.45) is -3.88. The molecule has 1 saturated heterocycles. The predicted molar refractivity (Wildman–Crippen MR) is 78.5 cm³/mol. The molecular weight excluding hydrogens is 279 g/mol. The molecule has 1 aliphatic heterocycles. The normalized spacial score (nSPS) is 20.9. The van der Waals surface area contributed by atoms with Crippen LogP contribution in [0.1, 0.15) is 18.1 Å². The summed E-state index contributed by atoms with van der Waals surface area (Å²) in [5.74, 6) is 0. The van der Waals surface area contributed by atoms with E-state index < -0.39 is 11.7 Å². The maximum absolute atomic E-state index is 13.3. The second-order valence-electron chi connectivity index (χ2n) is 5.66. The third-order valence-electron chi connectivity index (χ3n) is 4.10. The van der Waals surface area contributed by atoms with Crippen molar-refractivity contribution in [1.82, 2.24) is 4.90 Å². The van der Waals surface area contributed by atoms with E-state index in [0.29, 0.717) is 31.6 Å². The van der Waals surface area contributed by atoms with Gasteiger partial charge in [-0.05, 0) is 44.6 Å². The van der Waals surface area contributed by atoms with Crippen LogP contribution in [0, 0.1) is 0 Å². The molecule has 0 bridgehead atoms. The standard InChI is InChI=1S/C15H22F3N3/c1-11-10-21(8-7-20(11)2)14-4-3-12(5-6-19)9-13(14)15(16,17)18/h3-4,9,11H,5-8,10,19H2,1-2H3. The van der Waals surface area contributed by atoms with Crippen LogP contribution in [-0.2, 0) is 12.6 Å². The molecule has 118 valence electrons. The van der Waals surface area contributed by atoms with Crippen molar-refractivity contribution in [3.05, 3.63) is 29.3 Å². The van der Waals surface area contributed by atoms with Gasteiger partial charge in [0.05, 0.1) is 5.56 Å². The van der Waals surface area contributed by atoms with E-state index in [2.05, 4.69) is 4.90 Å². The highest BCUT2D eigenvalue weighted by atomic mass is 19.4. The monoisotopic (exact) mass is 301 g/mol. The first-order chi connectivity index (χ1) is 9.82. The van der Waals surface area contributed by atoms with Crippen LogP contribution in [0.5, 0.6) is 0 Å².